The number of hydrogen-bond acceptors (Lipinski definition) is 3. The lowest BCUT2D eigenvalue weighted by atomic mass is 10.1. The molecule has 22 heavy (non-hydrogen) atoms. The van der Waals surface area contributed by atoms with Crippen molar-refractivity contribution in [3.63, 3.8) is 0 Å². The molecule has 2 aromatic rings. The average Bonchev–Trinajstić information content (AvgIpc) is 3.20. The normalized spacial score (nSPS) is 17.9. The smallest absolute Gasteiger partial charge is 0.251 e. The van der Waals surface area contributed by atoms with Gasteiger partial charge in [0.2, 0.25) is 0 Å². The monoisotopic (exact) mass is 302 g/mol. The van der Waals surface area contributed by atoms with Crippen LogP contribution in [0.2, 0.25) is 0 Å². The van der Waals surface area contributed by atoms with Gasteiger partial charge in [-0.05, 0) is 37.1 Å². The molecular formula is C17H22N2O3. The van der Waals surface area contributed by atoms with Gasteiger partial charge in [0, 0.05) is 48.3 Å². The van der Waals surface area contributed by atoms with Gasteiger partial charge in [-0.2, -0.15) is 0 Å². The highest BCUT2D eigenvalue weighted by Gasteiger charge is 2.15. The predicted molar refractivity (Wildman–Crippen MR) is 85.0 cm³/mol. The average molecular weight is 302 g/mol. The molecule has 0 unspecified atom stereocenters. The maximum atomic E-state index is 12.1. The first-order valence-electron chi connectivity index (χ1n) is 7.84. The molecule has 1 atom stereocenters. The molecule has 1 aliphatic heterocycles. The van der Waals surface area contributed by atoms with E-state index in [0.29, 0.717) is 24.6 Å². The Labute approximate surface area is 130 Å². The lowest BCUT2D eigenvalue weighted by Gasteiger charge is -2.09. The van der Waals surface area contributed by atoms with Crippen molar-refractivity contribution in [1.29, 1.82) is 0 Å². The van der Waals surface area contributed by atoms with Gasteiger partial charge in [0.25, 0.3) is 5.91 Å². The van der Waals surface area contributed by atoms with E-state index in [1.54, 1.807) is 0 Å². The minimum Gasteiger partial charge on any atom is -0.381 e. The van der Waals surface area contributed by atoms with Crippen LogP contribution in [0.25, 0.3) is 10.9 Å². The molecule has 1 saturated heterocycles. The van der Waals surface area contributed by atoms with E-state index in [1.165, 1.54) is 0 Å². The molecule has 0 saturated carbocycles. The maximum absolute atomic E-state index is 12.1. The van der Waals surface area contributed by atoms with Crippen molar-refractivity contribution in [3.05, 3.63) is 36.0 Å². The summed E-state index contributed by atoms with van der Waals surface area (Å²) in [6.07, 6.45) is 3.79. The molecule has 5 heteroatoms. The van der Waals surface area contributed by atoms with Crippen molar-refractivity contribution in [2.24, 2.45) is 5.92 Å². The van der Waals surface area contributed by atoms with E-state index >= 15 is 0 Å². The van der Waals surface area contributed by atoms with Crippen LogP contribution < -0.4 is 5.32 Å². The van der Waals surface area contributed by atoms with Crippen molar-refractivity contribution >= 4 is 16.8 Å². The molecule has 2 N–H and O–H groups in total. The zero-order chi connectivity index (χ0) is 15.2. The molecule has 1 aliphatic rings. The third-order valence-corrected chi connectivity index (χ3v) is 3.94. The van der Waals surface area contributed by atoms with E-state index in [0.717, 1.165) is 43.6 Å². The van der Waals surface area contributed by atoms with Gasteiger partial charge in [-0.25, -0.2) is 0 Å². The molecule has 0 bridgehead atoms. The van der Waals surface area contributed by atoms with Crippen LogP contribution in [0.5, 0.6) is 0 Å². The minimum atomic E-state index is -0.0349. The number of carbonyl (C=O) groups is 1. The Balaban J connectivity index is 1.35. The highest BCUT2D eigenvalue weighted by molar-refractivity contribution is 5.98. The van der Waals surface area contributed by atoms with E-state index < -0.39 is 0 Å². The summed E-state index contributed by atoms with van der Waals surface area (Å²) < 4.78 is 10.9. The van der Waals surface area contributed by atoms with Crippen LogP contribution in [0.15, 0.2) is 30.5 Å². The topological polar surface area (TPSA) is 63.4 Å². The van der Waals surface area contributed by atoms with Crippen LogP contribution in [-0.4, -0.2) is 43.9 Å². The Morgan fingerprint density at radius 1 is 1.41 bits per heavy atom. The summed E-state index contributed by atoms with van der Waals surface area (Å²) >= 11 is 0. The van der Waals surface area contributed by atoms with Crippen molar-refractivity contribution in [1.82, 2.24) is 10.3 Å². The molecule has 0 aliphatic carbocycles. The van der Waals surface area contributed by atoms with E-state index in [4.69, 9.17) is 9.47 Å². The summed E-state index contributed by atoms with van der Waals surface area (Å²) in [5, 5.41) is 3.98. The van der Waals surface area contributed by atoms with E-state index in [2.05, 4.69) is 10.3 Å². The molecule has 5 nitrogen and oxygen atoms in total. The summed E-state index contributed by atoms with van der Waals surface area (Å²) in [5.74, 6) is 0.509. The van der Waals surface area contributed by atoms with Gasteiger partial charge in [0.1, 0.15) is 0 Å². The number of aromatic nitrogens is 1. The third-order valence-electron chi connectivity index (χ3n) is 3.94. The first-order valence-corrected chi connectivity index (χ1v) is 7.84. The zero-order valence-electron chi connectivity index (χ0n) is 12.6. The number of carbonyl (C=O) groups excluding carboxylic acids is 1. The molecule has 2 heterocycles. The van der Waals surface area contributed by atoms with Gasteiger partial charge >= 0.3 is 0 Å². The number of nitrogens with one attached hydrogen (secondary N) is 2. The van der Waals surface area contributed by atoms with Crippen LogP contribution in [0.4, 0.5) is 0 Å². The first-order chi connectivity index (χ1) is 10.8. The fourth-order valence-electron chi connectivity index (χ4n) is 2.64. The second-order valence-corrected chi connectivity index (χ2v) is 5.69. The highest BCUT2D eigenvalue weighted by Crippen LogP contribution is 2.14. The number of fused-ring (bicyclic) bond motifs is 1. The summed E-state index contributed by atoms with van der Waals surface area (Å²) in [7, 11) is 0. The third kappa shape index (κ3) is 3.87. The summed E-state index contributed by atoms with van der Waals surface area (Å²) in [5.41, 5.74) is 1.73. The van der Waals surface area contributed by atoms with Crippen molar-refractivity contribution in [3.8, 4) is 0 Å². The number of ether oxygens (including phenoxy) is 2. The minimum absolute atomic E-state index is 0.0349. The standard InChI is InChI=1S/C17H22N2O3/c20-17(15-2-3-16-14(10-15)4-7-18-16)19-6-1-8-21-11-13-5-9-22-12-13/h2-4,7,10,13,18H,1,5-6,8-9,11-12H2,(H,19,20)/t13-/m0/s1. The Bertz CT molecular complexity index is 617. The highest BCUT2D eigenvalue weighted by atomic mass is 16.5. The number of rotatable bonds is 7. The van der Waals surface area contributed by atoms with E-state index in [1.807, 2.05) is 30.5 Å². The van der Waals surface area contributed by atoms with Gasteiger partial charge in [-0.15, -0.1) is 0 Å². The molecule has 1 fully saturated rings. The fraction of sp³-hybridized carbons (Fsp3) is 0.471. The van der Waals surface area contributed by atoms with Crippen LogP contribution in [0, 0.1) is 5.92 Å². The van der Waals surface area contributed by atoms with Gasteiger partial charge in [0.15, 0.2) is 0 Å². The molecule has 0 spiro atoms. The summed E-state index contributed by atoms with van der Waals surface area (Å²) in [4.78, 5) is 15.2. The van der Waals surface area contributed by atoms with Gasteiger partial charge in [0.05, 0.1) is 13.2 Å². The van der Waals surface area contributed by atoms with Crippen LogP contribution >= 0.6 is 0 Å². The largest absolute Gasteiger partial charge is 0.381 e. The summed E-state index contributed by atoms with van der Waals surface area (Å²) in [6.45, 7) is 3.74. The second kappa shape index (κ2) is 7.42. The maximum Gasteiger partial charge on any atom is 0.251 e. The number of hydrogen-bond donors (Lipinski definition) is 2. The second-order valence-electron chi connectivity index (χ2n) is 5.69. The number of aromatic amines is 1. The van der Waals surface area contributed by atoms with Crippen molar-refractivity contribution < 1.29 is 14.3 Å². The van der Waals surface area contributed by atoms with Crippen LogP contribution in [0.1, 0.15) is 23.2 Å². The van der Waals surface area contributed by atoms with Crippen molar-refractivity contribution in [2.45, 2.75) is 12.8 Å². The van der Waals surface area contributed by atoms with E-state index in [-0.39, 0.29) is 5.91 Å². The van der Waals surface area contributed by atoms with Gasteiger partial charge in [-0.1, -0.05) is 0 Å². The lowest BCUT2D eigenvalue weighted by Crippen LogP contribution is -2.25. The fourth-order valence-corrected chi connectivity index (χ4v) is 2.64. The van der Waals surface area contributed by atoms with Crippen molar-refractivity contribution in [2.75, 3.05) is 33.0 Å². The Morgan fingerprint density at radius 2 is 2.36 bits per heavy atom. The number of amides is 1. The first kappa shape index (κ1) is 15.1. The number of benzene rings is 1. The Kier molecular flexibility index (Phi) is 5.08. The molecule has 3 rings (SSSR count). The van der Waals surface area contributed by atoms with E-state index in [9.17, 15) is 4.79 Å². The molecule has 1 aromatic carbocycles. The van der Waals surface area contributed by atoms with Gasteiger partial charge in [-0.3, -0.25) is 4.79 Å². The molecule has 1 aromatic heterocycles. The van der Waals surface area contributed by atoms with Gasteiger partial charge < -0.3 is 19.8 Å². The lowest BCUT2D eigenvalue weighted by molar-refractivity contribution is 0.0853. The number of H-pyrrole nitrogens is 1. The molecular weight excluding hydrogens is 280 g/mol. The van der Waals surface area contributed by atoms with Crippen LogP contribution in [-0.2, 0) is 9.47 Å². The zero-order valence-corrected chi connectivity index (χ0v) is 12.6. The Hall–Kier alpha value is -1.85. The molecule has 118 valence electrons. The molecule has 1 amide bonds. The quantitative estimate of drug-likeness (QED) is 0.772. The predicted octanol–water partition coefficient (Wildman–Crippen LogP) is 2.34. The summed E-state index contributed by atoms with van der Waals surface area (Å²) in [6, 6.07) is 7.63. The SMILES string of the molecule is O=C(NCCCOC[C@@H]1CCOC1)c1ccc2[nH]ccc2c1. The Morgan fingerprint density at radius 3 is 3.23 bits per heavy atom. The molecule has 0 radical (unpaired) electrons. The van der Waals surface area contributed by atoms with Crippen LogP contribution in [0.3, 0.4) is 0 Å².